The summed E-state index contributed by atoms with van der Waals surface area (Å²) < 4.78 is 9.03. The van der Waals surface area contributed by atoms with Gasteiger partial charge in [-0.2, -0.15) is 0 Å². The van der Waals surface area contributed by atoms with Crippen LogP contribution in [0.25, 0.3) is 119 Å². The molecule has 3 nitrogen and oxygen atoms in total. The number of aromatic nitrogens is 2. The summed E-state index contributed by atoms with van der Waals surface area (Å²) in [6.07, 6.45) is 0. The zero-order valence-electron chi connectivity index (χ0n) is 28.9. The van der Waals surface area contributed by atoms with Crippen LogP contribution in [0.1, 0.15) is 0 Å². The number of nitrogens with zero attached hydrogens (tertiary/aromatic N) is 2. The molecule has 0 amide bonds. The fraction of sp³-hybridized carbons (Fsp3) is 0. The molecule has 3 heterocycles. The van der Waals surface area contributed by atoms with Crippen LogP contribution in [0.4, 0.5) is 0 Å². The van der Waals surface area contributed by atoms with Crippen LogP contribution in [0.3, 0.4) is 0 Å². The molecule has 54 heavy (non-hydrogen) atoms. The van der Waals surface area contributed by atoms with E-state index < -0.39 is 0 Å². The Hall–Kier alpha value is -6.88. The van der Waals surface area contributed by atoms with Crippen molar-refractivity contribution in [2.75, 3.05) is 0 Å². The van der Waals surface area contributed by atoms with E-state index in [1.54, 1.807) is 11.3 Å². The quantitative estimate of drug-likeness (QED) is 0.172. The molecule has 12 rings (SSSR count). The van der Waals surface area contributed by atoms with Gasteiger partial charge >= 0.3 is 0 Å². The van der Waals surface area contributed by atoms with E-state index in [9.17, 15) is 0 Å². The van der Waals surface area contributed by atoms with Gasteiger partial charge < -0.3 is 4.42 Å². The number of hydrogen-bond acceptors (Lipinski definition) is 4. The van der Waals surface area contributed by atoms with Crippen LogP contribution in [0.15, 0.2) is 174 Å². The van der Waals surface area contributed by atoms with Gasteiger partial charge in [-0.1, -0.05) is 146 Å². The fourth-order valence-corrected chi connectivity index (χ4v) is 9.73. The number of benzene rings is 9. The summed E-state index contributed by atoms with van der Waals surface area (Å²) in [7, 11) is 0. The molecular weight excluding hydrogens is 677 g/mol. The lowest BCUT2D eigenvalue weighted by Gasteiger charge is -2.13. The van der Waals surface area contributed by atoms with E-state index in [2.05, 4.69) is 170 Å². The summed E-state index contributed by atoms with van der Waals surface area (Å²) >= 11 is 1.76. The normalized spacial score (nSPS) is 12.1. The molecule has 250 valence electrons. The van der Waals surface area contributed by atoms with Crippen LogP contribution < -0.4 is 0 Å². The van der Waals surface area contributed by atoms with E-state index in [4.69, 9.17) is 14.4 Å². The molecule has 0 saturated carbocycles. The maximum Gasteiger partial charge on any atom is 0.161 e. The Morgan fingerprint density at radius 2 is 1.06 bits per heavy atom. The summed E-state index contributed by atoms with van der Waals surface area (Å²) in [5.74, 6) is 0.689. The third-order valence-electron chi connectivity index (χ3n) is 11.1. The van der Waals surface area contributed by atoms with Gasteiger partial charge in [0.15, 0.2) is 5.82 Å². The molecule has 0 atom stereocenters. The number of furan rings is 1. The average Bonchev–Trinajstić information content (AvgIpc) is 3.82. The van der Waals surface area contributed by atoms with Crippen LogP contribution in [-0.4, -0.2) is 9.97 Å². The van der Waals surface area contributed by atoms with Crippen LogP contribution in [0.2, 0.25) is 0 Å². The SMILES string of the molecule is c1ccc2cc(-c3cccc4c3oc3cccc(-c5nc(-c6ccc7c8ccccc8c8ccccc8c7c6)c6sc7ccccc7c6n5)c34)ccc2c1. The van der Waals surface area contributed by atoms with Gasteiger partial charge in [-0.15, -0.1) is 11.3 Å². The Labute approximate surface area is 313 Å². The minimum atomic E-state index is 0.689. The van der Waals surface area contributed by atoms with Crippen molar-refractivity contribution in [3.63, 3.8) is 0 Å². The lowest BCUT2D eigenvalue weighted by atomic mass is 9.93. The first-order valence-corrected chi connectivity index (χ1v) is 19.1. The van der Waals surface area contributed by atoms with Gasteiger partial charge in [-0.05, 0) is 72.9 Å². The highest BCUT2D eigenvalue weighted by molar-refractivity contribution is 7.26. The number of rotatable bonds is 3. The molecule has 9 aromatic carbocycles. The van der Waals surface area contributed by atoms with Crippen molar-refractivity contribution in [2.45, 2.75) is 0 Å². The smallest absolute Gasteiger partial charge is 0.161 e. The van der Waals surface area contributed by atoms with E-state index >= 15 is 0 Å². The lowest BCUT2D eigenvalue weighted by Crippen LogP contribution is -1.94. The molecule has 0 spiro atoms. The monoisotopic (exact) mass is 704 g/mol. The van der Waals surface area contributed by atoms with Crippen LogP contribution in [-0.2, 0) is 0 Å². The van der Waals surface area contributed by atoms with Crippen molar-refractivity contribution in [1.82, 2.24) is 9.97 Å². The highest BCUT2D eigenvalue weighted by atomic mass is 32.1. The Morgan fingerprint density at radius 1 is 0.426 bits per heavy atom. The second-order valence-electron chi connectivity index (χ2n) is 14.0. The first-order valence-electron chi connectivity index (χ1n) is 18.2. The third-order valence-corrected chi connectivity index (χ3v) is 12.2. The molecule has 0 aliphatic heterocycles. The van der Waals surface area contributed by atoms with Crippen molar-refractivity contribution < 1.29 is 4.42 Å². The molecule has 0 fully saturated rings. The predicted molar refractivity (Wildman–Crippen MR) is 229 cm³/mol. The largest absolute Gasteiger partial charge is 0.455 e. The van der Waals surface area contributed by atoms with Crippen LogP contribution in [0, 0.1) is 0 Å². The number of para-hydroxylation sites is 1. The summed E-state index contributed by atoms with van der Waals surface area (Å²) in [5.41, 5.74) is 7.83. The van der Waals surface area contributed by atoms with E-state index in [1.165, 1.54) is 47.8 Å². The van der Waals surface area contributed by atoms with E-state index in [0.29, 0.717) is 5.82 Å². The summed E-state index contributed by atoms with van der Waals surface area (Å²) in [5, 5.41) is 13.1. The third kappa shape index (κ3) is 4.29. The molecule has 0 radical (unpaired) electrons. The number of hydrogen-bond donors (Lipinski definition) is 0. The highest BCUT2D eigenvalue weighted by Gasteiger charge is 2.21. The van der Waals surface area contributed by atoms with E-state index in [0.717, 1.165) is 65.5 Å². The Bertz CT molecular complexity index is 3480. The number of fused-ring (bicyclic) bond motifs is 13. The lowest BCUT2D eigenvalue weighted by molar-refractivity contribution is 0.670. The Kier molecular flexibility index (Phi) is 6.21. The average molecular weight is 705 g/mol. The molecule has 0 saturated heterocycles. The standard InChI is InChI=1S/C50H28N2OS/c1-2-12-30-27-31(24-23-29(30)11-1)33-18-9-19-40-45-41(20-10-21-43(45)53-48(33)40)50-51-46(49-47(52-50)39-17-7-8-22-44(39)54-49)32-25-26-38-36-15-4-3-13-34(36)35-14-5-6-16-37(35)42(38)28-32/h1-28H. The van der Waals surface area contributed by atoms with Crippen LogP contribution in [0.5, 0.6) is 0 Å². The molecule has 0 bridgehead atoms. The molecular formula is C50H28N2OS. The zero-order chi connectivity index (χ0) is 35.3. The van der Waals surface area contributed by atoms with Crippen molar-refractivity contribution in [3.05, 3.63) is 170 Å². The summed E-state index contributed by atoms with van der Waals surface area (Å²) in [6.45, 7) is 0. The molecule has 4 heteroatoms. The molecule has 0 aliphatic rings. The molecule has 0 aliphatic carbocycles. The first kappa shape index (κ1) is 29.7. The van der Waals surface area contributed by atoms with Crippen molar-refractivity contribution in [3.8, 4) is 33.8 Å². The van der Waals surface area contributed by atoms with Crippen molar-refractivity contribution >= 4 is 96.7 Å². The van der Waals surface area contributed by atoms with Gasteiger partial charge in [0.2, 0.25) is 0 Å². The number of thiophene rings is 1. The summed E-state index contributed by atoms with van der Waals surface area (Å²) in [4.78, 5) is 10.9. The maximum atomic E-state index is 6.74. The van der Waals surface area contributed by atoms with E-state index in [1.807, 2.05) is 0 Å². The van der Waals surface area contributed by atoms with Gasteiger partial charge in [-0.3, -0.25) is 0 Å². The van der Waals surface area contributed by atoms with Gasteiger partial charge in [0, 0.05) is 37.5 Å². The molecule has 0 unspecified atom stereocenters. The topological polar surface area (TPSA) is 38.9 Å². The molecule has 3 aromatic heterocycles. The highest BCUT2D eigenvalue weighted by Crippen LogP contribution is 2.45. The zero-order valence-corrected chi connectivity index (χ0v) is 29.7. The molecule has 12 aromatic rings. The fourth-order valence-electron chi connectivity index (χ4n) is 8.58. The van der Waals surface area contributed by atoms with E-state index in [-0.39, 0.29) is 0 Å². The van der Waals surface area contributed by atoms with Gasteiger partial charge in [-0.25, -0.2) is 9.97 Å². The molecule has 0 N–H and O–H groups in total. The minimum absolute atomic E-state index is 0.689. The summed E-state index contributed by atoms with van der Waals surface area (Å²) in [6, 6.07) is 60.7. The Morgan fingerprint density at radius 3 is 1.87 bits per heavy atom. The van der Waals surface area contributed by atoms with Gasteiger partial charge in [0.25, 0.3) is 0 Å². The van der Waals surface area contributed by atoms with Crippen molar-refractivity contribution in [2.24, 2.45) is 0 Å². The maximum absolute atomic E-state index is 6.74. The minimum Gasteiger partial charge on any atom is -0.455 e. The predicted octanol–water partition coefficient (Wildman–Crippen LogP) is 14.4. The first-order chi connectivity index (χ1) is 26.8. The second kappa shape index (κ2) is 11.3. The van der Waals surface area contributed by atoms with Gasteiger partial charge in [0.05, 0.1) is 15.9 Å². The van der Waals surface area contributed by atoms with Crippen LogP contribution >= 0.6 is 11.3 Å². The second-order valence-corrected chi connectivity index (χ2v) is 15.1. The Balaban J connectivity index is 1.13. The van der Waals surface area contributed by atoms with Crippen molar-refractivity contribution in [1.29, 1.82) is 0 Å². The van der Waals surface area contributed by atoms with Gasteiger partial charge in [0.1, 0.15) is 11.2 Å².